The fourth-order valence-corrected chi connectivity index (χ4v) is 6.66. The van der Waals surface area contributed by atoms with Crippen molar-refractivity contribution in [3.8, 4) is 0 Å². The van der Waals surface area contributed by atoms with E-state index >= 15 is 0 Å². The number of nitrogens with zero attached hydrogens (tertiary/aromatic N) is 3. The second-order valence-corrected chi connectivity index (χ2v) is 11.0. The number of hydrogen-bond donors (Lipinski definition) is 1. The molecule has 0 aromatic rings. The first-order valence-electron chi connectivity index (χ1n) is 13.6. The zero-order valence-electron chi connectivity index (χ0n) is 22.6. The molecule has 0 radical (unpaired) electrons. The highest BCUT2D eigenvalue weighted by molar-refractivity contribution is 5.99. The van der Waals surface area contributed by atoms with E-state index in [1.165, 1.54) is 0 Å². The fraction of sp³-hybridized carbons (Fsp3) is 0.750. The molecule has 36 heavy (non-hydrogen) atoms. The second-order valence-electron chi connectivity index (χ2n) is 11.0. The molecular weight excluding hydrogens is 458 g/mol. The Balaban J connectivity index is 2.04. The van der Waals surface area contributed by atoms with E-state index in [2.05, 4.69) is 13.2 Å². The van der Waals surface area contributed by atoms with Crippen LogP contribution in [0.5, 0.6) is 0 Å². The largest absolute Gasteiger partial charge is 0.396 e. The lowest BCUT2D eigenvalue weighted by Crippen LogP contribution is -2.57. The SMILES string of the molecule is C=CCN(CCC)C(=O)[C@@H]1[C@H]2C(=O)N(CCCCCO)C(C(=O)N(CC=C)C(C)C)C23CC[C@@]1(C)O3. The van der Waals surface area contributed by atoms with Crippen LogP contribution in [-0.4, -0.2) is 93.6 Å². The summed E-state index contributed by atoms with van der Waals surface area (Å²) in [6.07, 6.45) is 7.50. The number of unbranched alkanes of at least 4 members (excludes halogenated alkanes) is 2. The Bertz CT molecular complexity index is 860. The smallest absolute Gasteiger partial charge is 0.248 e. The first kappa shape index (κ1) is 28.4. The molecule has 5 atom stereocenters. The van der Waals surface area contributed by atoms with Crippen molar-refractivity contribution in [1.29, 1.82) is 0 Å². The van der Waals surface area contributed by atoms with Crippen molar-refractivity contribution in [1.82, 2.24) is 14.7 Å². The molecule has 0 aromatic carbocycles. The molecule has 3 amide bonds. The maximum Gasteiger partial charge on any atom is 0.248 e. The van der Waals surface area contributed by atoms with Crippen LogP contribution in [0.3, 0.4) is 0 Å². The Hall–Kier alpha value is -2.19. The topological polar surface area (TPSA) is 90.4 Å². The monoisotopic (exact) mass is 503 g/mol. The second kappa shape index (κ2) is 11.5. The van der Waals surface area contributed by atoms with Gasteiger partial charge in [-0.15, -0.1) is 13.2 Å². The average Bonchev–Trinajstić information content (AvgIpc) is 3.40. The third kappa shape index (κ3) is 4.74. The third-order valence-corrected chi connectivity index (χ3v) is 8.22. The van der Waals surface area contributed by atoms with Gasteiger partial charge in [0.15, 0.2) is 0 Å². The van der Waals surface area contributed by atoms with Crippen molar-refractivity contribution in [3.63, 3.8) is 0 Å². The molecule has 8 heteroatoms. The molecule has 3 rings (SSSR count). The minimum absolute atomic E-state index is 0.0726. The van der Waals surface area contributed by atoms with Gasteiger partial charge in [0.1, 0.15) is 11.6 Å². The van der Waals surface area contributed by atoms with Gasteiger partial charge in [0.25, 0.3) is 0 Å². The van der Waals surface area contributed by atoms with Gasteiger partial charge in [-0.05, 0) is 59.3 Å². The molecule has 3 fully saturated rings. The molecule has 1 spiro atoms. The summed E-state index contributed by atoms with van der Waals surface area (Å²) in [4.78, 5) is 47.4. The Morgan fingerprint density at radius 2 is 1.86 bits per heavy atom. The van der Waals surface area contributed by atoms with Gasteiger partial charge in [0.2, 0.25) is 17.7 Å². The van der Waals surface area contributed by atoms with Crippen LogP contribution in [0.15, 0.2) is 25.3 Å². The summed E-state index contributed by atoms with van der Waals surface area (Å²) in [5.74, 6) is -1.69. The van der Waals surface area contributed by atoms with E-state index in [9.17, 15) is 19.5 Å². The van der Waals surface area contributed by atoms with Crippen LogP contribution in [0, 0.1) is 11.8 Å². The zero-order chi connectivity index (χ0) is 26.7. The van der Waals surface area contributed by atoms with Crippen molar-refractivity contribution in [2.24, 2.45) is 11.8 Å². The summed E-state index contributed by atoms with van der Waals surface area (Å²) >= 11 is 0. The number of aliphatic hydroxyl groups excluding tert-OH is 1. The Labute approximate surface area is 216 Å². The molecule has 0 aliphatic carbocycles. The van der Waals surface area contributed by atoms with E-state index in [-0.39, 0.29) is 30.4 Å². The van der Waals surface area contributed by atoms with Gasteiger partial charge < -0.3 is 24.5 Å². The maximum atomic E-state index is 14.1. The zero-order valence-corrected chi connectivity index (χ0v) is 22.6. The number of fused-ring (bicyclic) bond motifs is 1. The molecule has 0 aromatic heterocycles. The number of ether oxygens (including phenoxy) is 1. The Morgan fingerprint density at radius 3 is 2.44 bits per heavy atom. The molecule has 0 saturated carbocycles. The van der Waals surface area contributed by atoms with Gasteiger partial charge in [-0.1, -0.05) is 19.1 Å². The quantitative estimate of drug-likeness (QED) is 0.291. The van der Waals surface area contributed by atoms with Crippen LogP contribution in [0.4, 0.5) is 0 Å². The molecule has 3 heterocycles. The Morgan fingerprint density at radius 1 is 1.17 bits per heavy atom. The fourth-order valence-electron chi connectivity index (χ4n) is 6.66. The summed E-state index contributed by atoms with van der Waals surface area (Å²) in [6.45, 7) is 17.4. The van der Waals surface area contributed by atoms with E-state index in [0.29, 0.717) is 51.9 Å². The van der Waals surface area contributed by atoms with Gasteiger partial charge >= 0.3 is 0 Å². The highest BCUT2D eigenvalue weighted by Gasteiger charge is 2.78. The number of carbonyl (C=O) groups is 3. The lowest BCUT2D eigenvalue weighted by atomic mass is 9.66. The van der Waals surface area contributed by atoms with Gasteiger partial charge in [-0.2, -0.15) is 0 Å². The number of hydrogen-bond acceptors (Lipinski definition) is 5. The van der Waals surface area contributed by atoms with Crippen LogP contribution < -0.4 is 0 Å². The number of carbonyl (C=O) groups excluding carboxylic acids is 3. The predicted molar refractivity (Wildman–Crippen MR) is 139 cm³/mol. The van der Waals surface area contributed by atoms with Gasteiger partial charge in [0, 0.05) is 38.8 Å². The molecule has 1 N–H and O–H groups in total. The van der Waals surface area contributed by atoms with Crippen LogP contribution in [0.25, 0.3) is 0 Å². The predicted octanol–water partition coefficient (Wildman–Crippen LogP) is 2.76. The molecule has 3 aliphatic rings. The van der Waals surface area contributed by atoms with E-state index < -0.39 is 29.1 Å². The lowest BCUT2D eigenvalue weighted by molar-refractivity contribution is -0.154. The van der Waals surface area contributed by atoms with E-state index in [1.54, 1.807) is 26.9 Å². The van der Waals surface area contributed by atoms with Gasteiger partial charge in [0.05, 0.1) is 17.4 Å². The van der Waals surface area contributed by atoms with Crippen LogP contribution in [0.1, 0.15) is 66.2 Å². The van der Waals surface area contributed by atoms with Crippen LogP contribution in [0.2, 0.25) is 0 Å². The van der Waals surface area contributed by atoms with E-state index in [4.69, 9.17) is 4.74 Å². The summed E-state index contributed by atoms with van der Waals surface area (Å²) < 4.78 is 6.73. The van der Waals surface area contributed by atoms with Crippen molar-refractivity contribution < 1.29 is 24.2 Å². The maximum absolute atomic E-state index is 14.1. The number of likely N-dealkylation sites (tertiary alicyclic amines) is 1. The minimum Gasteiger partial charge on any atom is -0.396 e. The van der Waals surface area contributed by atoms with Crippen molar-refractivity contribution >= 4 is 17.7 Å². The minimum atomic E-state index is -1.01. The molecular formula is C28H45N3O5. The standard InChI is InChI=1S/C28H45N3O5/c1-7-15-29(16-8-2)24(33)21-22-25(34)31(18-11-10-12-19-32)23(26(35)30(17-9-3)20(4)5)28(22)14-13-27(21,6)36-28/h7,9,20-23,32H,1,3,8,10-19H2,2,4-6H3/t21-,22-,23?,27+,28?/m0/s1. The molecule has 2 unspecified atom stereocenters. The molecule has 3 saturated heterocycles. The van der Waals surface area contributed by atoms with Crippen molar-refractivity contribution in [2.45, 2.75) is 89.5 Å². The molecule has 3 aliphatic heterocycles. The van der Waals surface area contributed by atoms with Gasteiger partial charge in [-0.3, -0.25) is 14.4 Å². The highest BCUT2D eigenvalue weighted by atomic mass is 16.5. The summed E-state index contributed by atoms with van der Waals surface area (Å²) in [7, 11) is 0. The summed E-state index contributed by atoms with van der Waals surface area (Å²) in [5, 5.41) is 9.20. The lowest BCUT2D eigenvalue weighted by Gasteiger charge is -2.38. The first-order chi connectivity index (χ1) is 17.1. The normalized spacial score (nSPS) is 30.6. The highest BCUT2D eigenvalue weighted by Crippen LogP contribution is 2.63. The van der Waals surface area contributed by atoms with E-state index in [1.807, 2.05) is 27.7 Å². The third-order valence-electron chi connectivity index (χ3n) is 8.22. The number of rotatable bonds is 14. The van der Waals surface area contributed by atoms with Gasteiger partial charge in [-0.25, -0.2) is 0 Å². The summed E-state index contributed by atoms with van der Waals surface area (Å²) in [5.41, 5.74) is -1.80. The van der Waals surface area contributed by atoms with Crippen molar-refractivity contribution in [2.75, 3.05) is 32.8 Å². The number of aliphatic hydroxyl groups is 1. The average molecular weight is 504 g/mol. The number of amides is 3. The molecule has 2 bridgehead atoms. The molecule has 202 valence electrons. The first-order valence-corrected chi connectivity index (χ1v) is 13.6. The van der Waals surface area contributed by atoms with Crippen LogP contribution >= 0.6 is 0 Å². The molecule has 8 nitrogen and oxygen atoms in total. The Kier molecular flexibility index (Phi) is 9.04. The van der Waals surface area contributed by atoms with E-state index in [0.717, 1.165) is 12.8 Å². The van der Waals surface area contributed by atoms with Crippen LogP contribution in [-0.2, 0) is 19.1 Å². The summed E-state index contributed by atoms with van der Waals surface area (Å²) in [6, 6.07) is -0.846. The van der Waals surface area contributed by atoms with Crippen molar-refractivity contribution in [3.05, 3.63) is 25.3 Å².